The average Bonchev–Trinajstić information content (AvgIpc) is 2.68. The van der Waals surface area contributed by atoms with E-state index in [0.717, 1.165) is 13.0 Å². The predicted molar refractivity (Wildman–Crippen MR) is 65.7 cm³/mol. The standard InChI is InChI=1S/C10H18N4O2S/c1-3-5-12-8(9(11)15)4-6-17-10-14-13-7(2)16-10/h8,12H,3-6H2,1-2H3,(H2,11,15). The third-order valence-electron chi connectivity index (χ3n) is 2.12. The second-order valence-corrected chi connectivity index (χ2v) is 4.68. The molecule has 1 aromatic rings. The highest BCUT2D eigenvalue weighted by Gasteiger charge is 2.14. The minimum atomic E-state index is -0.319. The first-order chi connectivity index (χ1) is 8.13. The van der Waals surface area contributed by atoms with Crippen LogP contribution in [0.5, 0.6) is 0 Å². The lowest BCUT2D eigenvalue weighted by Gasteiger charge is -2.13. The lowest BCUT2D eigenvalue weighted by Crippen LogP contribution is -2.41. The van der Waals surface area contributed by atoms with Gasteiger partial charge in [0.15, 0.2) is 0 Å². The van der Waals surface area contributed by atoms with Crippen LogP contribution < -0.4 is 11.1 Å². The summed E-state index contributed by atoms with van der Waals surface area (Å²) in [5.74, 6) is 0.940. The highest BCUT2D eigenvalue weighted by atomic mass is 32.2. The highest BCUT2D eigenvalue weighted by Crippen LogP contribution is 2.17. The van der Waals surface area contributed by atoms with E-state index in [-0.39, 0.29) is 11.9 Å². The summed E-state index contributed by atoms with van der Waals surface area (Å²) < 4.78 is 5.21. The molecule has 1 amide bonds. The minimum absolute atomic E-state index is 0.286. The Bertz CT molecular complexity index is 356. The summed E-state index contributed by atoms with van der Waals surface area (Å²) >= 11 is 1.43. The summed E-state index contributed by atoms with van der Waals surface area (Å²) in [6.07, 6.45) is 1.63. The van der Waals surface area contributed by atoms with Crippen molar-refractivity contribution in [3.05, 3.63) is 5.89 Å². The van der Waals surface area contributed by atoms with E-state index in [0.29, 0.717) is 23.3 Å². The zero-order valence-corrected chi connectivity index (χ0v) is 10.9. The van der Waals surface area contributed by atoms with E-state index in [1.54, 1.807) is 6.92 Å². The van der Waals surface area contributed by atoms with Crippen LogP contribution in [0.25, 0.3) is 0 Å². The van der Waals surface area contributed by atoms with E-state index in [4.69, 9.17) is 10.2 Å². The van der Waals surface area contributed by atoms with Gasteiger partial charge in [0, 0.05) is 12.7 Å². The van der Waals surface area contributed by atoms with Crippen LogP contribution in [-0.2, 0) is 4.79 Å². The zero-order chi connectivity index (χ0) is 12.7. The van der Waals surface area contributed by atoms with E-state index in [9.17, 15) is 4.79 Å². The molecule has 1 rings (SSSR count). The molecule has 1 aromatic heterocycles. The largest absolute Gasteiger partial charge is 0.416 e. The lowest BCUT2D eigenvalue weighted by atomic mass is 10.2. The molecule has 0 aromatic carbocycles. The summed E-state index contributed by atoms with van der Waals surface area (Å²) in [4.78, 5) is 11.2. The first kappa shape index (κ1) is 14.0. The Hall–Kier alpha value is -1.08. The van der Waals surface area contributed by atoms with Gasteiger partial charge in [0.25, 0.3) is 5.22 Å². The Balaban J connectivity index is 2.29. The first-order valence-electron chi connectivity index (χ1n) is 5.59. The number of carbonyl (C=O) groups excluding carboxylic acids is 1. The molecule has 0 radical (unpaired) electrons. The molecule has 0 spiro atoms. The second-order valence-electron chi connectivity index (χ2n) is 3.63. The van der Waals surface area contributed by atoms with Crippen LogP contribution >= 0.6 is 11.8 Å². The molecule has 6 nitrogen and oxygen atoms in total. The number of primary amides is 1. The first-order valence-corrected chi connectivity index (χ1v) is 6.57. The lowest BCUT2D eigenvalue weighted by molar-refractivity contribution is -0.120. The van der Waals surface area contributed by atoms with Gasteiger partial charge in [-0.1, -0.05) is 18.7 Å². The van der Waals surface area contributed by atoms with Gasteiger partial charge in [0.1, 0.15) is 0 Å². The molecule has 0 saturated heterocycles. The van der Waals surface area contributed by atoms with Crippen molar-refractivity contribution in [3.8, 4) is 0 Å². The Morgan fingerprint density at radius 2 is 2.35 bits per heavy atom. The summed E-state index contributed by atoms with van der Waals surface area (Å²) in [7, 11) is 0. The van der Waals surface area contributed by atoms with Gasteiger partial charge in [-0.3, -0.25) is 4.79 Å². The molecule has 1 heterocycles. The van der Waals surface area contributed by atoms with Gasteiger partial charge in [0.2, 0.25) is 11.8 Å². The minimum Gasteiger partial charge on any atom is -0.416 e. The third-order valence-corrected chi connectivity index (χ3v) is 2.98. The van der Waals surface area contributed by atoms with Crippen LogP contribution in [0, 0.1) is 6.92 Å². The summed E-state index contributed by atoms with van der Waals surface area (Å²) in [6, 6.07) is -0.286. The Labute approximate surface area is 105 Å². The van der Waals surface area contributed by atoms with Crippen LogP contribution in [-0.4, -0.2) is 34.4 Å². The topological polar surface area (TPSA) is 94.0 Å². The van der Waals surface area contributed by atoms with E-state index in [1.807, 2.05) is 6.92 Å². The molecule has 0 fully saturated rings. The normalized spacial score (nSPS) is 12.6. The molecular formula is C10H18N4O2S. The number of aryl methyl sites for hydroxylation is 1. The molecule has 0 bridgehead atoms. The predicted octanol–water partition coefficient (Wildman–Crippen LogP) is 0.714. The number of nitrogens with one attached hydrogen (secondary N) is 1. The van der Waals surface area contributed by atoms with Crippen molar-refractivity contribution in [1.29, 1.82) is 0 Å². The molecule has 0 aliphatic heterocycles. The number of aromatic nitrogens is 2. The molecule has 0 aliphatic carbocycles. The smallest absolute Gasteiger partial charge is 0.276 e. The second kappa shape index (κ2) is 7.29. The van der Waals surface area contributed by atoms with Crippen molar-refractivity contribution < 1.29 is 9.21 Å². The SMILES string of the molecule is CCCNC(CCSc1nnc(C)o1)C(N)=O. The van der Waals surface area contributed by atoms with Crippen LogP contribution in [0.2, 0.25) is 0 Å². The summed E-state index contributed by atoms with van der Waals surface area (Å²) in [5.41, 5.74) is 5.30. The molecular weight excluding hydrogens is 240 g/mol. The third kappa shape index (κ3) is 5.18. The molecule has 0 saturated carbocycles. The van der Waals surface area contributed by atoms with Crippen molar-refractivity contribution >= 4 is 17.7 Å². The quantitative estimate of drug-likeness (QED) is 0.667. The van der Waals surface area contributed by atoms with Gasteiger partial charge in [0.05, 0.1) is 6.04 Å². The fraction of sp³-hybridized carbons (Fsp3) is 0.700. The van der Waals surface area contributed by atoms with Gasteiger partial charge < -0.3 is 15.5 Å². The number of hydrogen-bond acceptors (Lipinski definition) is 6. The summed E-state index contributed by atoms with van der Waals surface area (Å²) in [5, 5.41) is 11.2. The van der Waals surface area contributed by atoms with Gasteiger partial charge >= 0.3 is 0 Å². The van der Waals surface area contributed by atoms with Crippen molar-refractivity contribution in [2.24, 2.45) is 5.73 Å². The molecule has 7 heteroatoms. The van der Waals surface area contributed by atoms with Crippen LogP contribution in [0.3, 0.4) is 0 Å². The number of nitrogens with two attached hydrogens (primary N) is 1. The maximum absolute atomic E-state index is 11.2. The molecule has 17 heavy (non-hydrogen) atoms. The Morgan fingerprint density at radius 3 is 2.88 bits per heavy atom. The fourth-order valence-corrected chi connectivity index (χ4v) is 2.07. The fourth-order valence-electron chi connectivity index (χ4n) is 1.26. The van der Waals surface area contributed by atoms with Crippen LogP contribution in [0.1, 0.15) is 25.7 Å². The van der Waals surface area contributed by atoms with Gasteiger partial charge in [-0.05, 0) is 19.4 Å². The molecule has 0 aliphatic rings. The number of rotatable bonds is 8. The zero-order valence-electron chi connectivity index (χ0n) is 10.1. The maximum atomic E-state index is 11.2. The monoisotopic (exact) mass is 258 g/mol. The average molecular weight is 258 g/mol. The maximum Gasteiger partial charge on any atom is 0.276 e. The van der Waals surface area contributed by atoms with Crippen molar-refractivity contribution in [2.45, 2.75) is 38.0 Å². The number of nitrogens with zero attached hydrogens (tertiary/aromatic N) is 2. The van der Waals surface area contributed by atoms with Crippen molar-refractivity contribution in [1.82, 2.24) is 15.5 Å². The van der Waals surface area contributed by atoms with E-state index >= 15 is 0 Å². The van der Waals surface area contributed by atoms with Gasteiger partial charge in [-0.25, -0.2) is 0 Å². The van der Waals surface area contributed by atoms with E-state index in [2.05, 4.69) is 15.5 Å². The van der Waals surface area contributed by atoms with Crippen molar-refractivity contribution in [2.75, 3.05) is 12.3 Å². The Morgan fingerprint density at radius 1 is 1.59 bits per heavy atom. The molecule has 3 N–H and O–H groups in total. The van der Waals surface area contributed by atoms with Crippen LogP contribution in [0.4, 0.5) is 0 Å². The molecule has 1 unspecified atom stereocenters. The van der Waals surface area contributed by atoms with Crippen molar-refractivity contribution in [3.63, 3.8) is 0 Å². The van der Waals surface area contributed by atoms with Gasteiger partial charge in [-0.15, -0.1) is 10.2 Å². The number of carbonyl (C=O) groups is 1. The van der Waals surface area contributed by atoms with Crippen LogP contribution in [0.15, 0.2) is 9.64 Å². The molecule has 1 atom stereocenters. The molecule has 96 valence electrons. The summed E-state index contributed by atoms with van der Waals surface area (Å²) in [6.45, 7) is 4.57. The number of hydrogen-bond donors (Lipinski definition) is 2. The number of amides is 1. The van der Waals surface area contributed by atoms with E-state index in [1.165, 1.54) is 11.8 Å². The van der Waals surface area contributed by atoms with E-state index < -0.39 is 0 Å². The van der Waals surface area contributed by atoms with Gasteiger partial charge in [-0.2, -0.15) is 0 Å². The highest BCUT2D eigenvalue weighted by molar-refractivity contribution is 7.99. The number of thioether (sulfide) groups is 1. The Kier molecular flexibility index (Phi) is 5.99.